The van der Waals surface area contributed by atoms with Crippen molar-refractivity contribution in [2.24, 2.45) is 0 Å². The van der Waals surface area contributed by atoms with Crippen LogP contribution in [0.5, 0.6) is 0 Å². The minimum Gasteiger partial charge on any atom is -0.385 e. The van der Waals surface area contributed by atoms with Crippen LogP contribution in [0.3, 0.4) is 0 Å². The van der Waals surface area contributed by atoms with Crippen LogP contribution in [0.15, 0.2) is 30.5 Å². The van der Waals surface area contributed by atoms with Gasteiger partial charge in [-0.15, -0.1) is 0 Å². The van der Waals surface area contributed by atoms with Gasteiger partial charge in [-0.05, 0) is 25.1 Å². The van der Waals surface area contributed by atoms with Crippen molar-refractivity contribution in [1.29, 1.82) is 0 Å². The molecule has 0 amide bonds. The number of methoxy groups -OCH3 is 1. The van der Waals surface area contributed by atoms with E-state index in [0.717, 1.165) is 43.2 Å². The van der Waals surface area contributed by atoms with Crippen molar-refractivity contribution in [3.63, 3.8) is 0 Å². The molecule has 0 aliphatic heterocycles. The van der Waals surface area contributed by atoms with Gasteiger partial charge in [0.2, 0.25) is 0 Å². The zero-order chi connectivity index (χ0) is 12.8. The molecule has 2 aromatic rings. The molecule has 0 unspecified atom stereocenters. The highest BCUT2D eigenvalue weighted by Gasteiger charge is 2.03. The van der Waals surface area contributed by atoms with E-state index in [9.17, 15) is 0 Å². The molecule has 98 valence electrons. The van der Waals surface area contributed by atoms with Crippen molar-refractivity contribution in [3.05, 3.63) is 35.5 Å². The molecule has 1 heterocycles. The molecule has 0 spiro atoms. The third-order valence-corrected chi connectivity index (χ3v) is 3.28. The van der Waals surface area contributed by atoms with Crippen molar-refractivity contribution in [1.82, 2.24) is 9.88 Å². The molecular weight excluding hydrogens is 248 g/mol. The first-order valence-electron chi connectivity index (χ1n) is 6.26. The van der Waals surface area contributed by atoms with Crippen molar-refractivity contribution in [3.8, 4) is 0 Å². The Bertz CT molecular complexity index is 495. The number of benzene rings is 1. The van der Waals surface area contributed by atoms with Crippen LogP contribution >= 0.6 is 11.6 Å². The molecule has 18 heavy (non-hydrogen) atoms. The van der Waals surface area contributed by atoms with Crippen molar-refractivity contribution < 1.29 is 4.74 Å². The number of nitrogens with zero attached hydrogens (tertiary/aromatic N) is 1. The van der Waals surface area contributed by atoms with Crippen LogP contribution in [0.2, 0.25) is 5.02 Å². The van der Waals surface area contributed by atoms with E-state index >= 15 is 0 Å². The average Bonchev–Trinajstić information content (AvgIpc) is 2.78. The van der Waals surface area contributed by atoms with Crippen LogP contribution in [-0.4, -0.2) is 31.4 Å². The van der Waals surface area contributed by atoms with Crippen LogP contribution in [0, 0.1) is 0 Å². The Hall–Kier alpha value is -1.03. The van der Waals surface area contributed by atoms with E-state index in [2.05, 4.69) is 28.2 Å². The Balaban J connectivity index is 1.88. The molecule has 4 heteroatoms. The summed E-state index contributed by atoms with van der Waals surface area (Å²) in [6.07, 6.45) is 3.14. The summed E-state index contributed by atoms with van der Waals surface area (Å²) in [5.41, 5.74) is 1.12. The predicted molar refractivity (Wildman–Crippen MR) is 76.3 cm³/mol. The fourth-order valence-electron chi connectivity index (χ4n) is 2.07. The first kappa shape index (κ1) is 13.4. The first-order valence-corrected chi connectivity index (χ1v) is 6.64. The molecule has 0 aliphatic rings. The summed E-state index contributed by atoms with van der Waals surface area (Å²) in [7, 11) is 1.73. The minimum atomic E-state index is 0.811. The predicted octanol–water partition coefficient (Wildman–Crippen LogP) is 2.92. The summed E-state index contributed by atoms with van der Waals surface area (Å²) >= 11 is 6.23. The van der Waals surface area contributed by atoms with E-state index in [1.807, 2.05) is 12.1 Å². The molecule has 0 saturated carbocycles. The Morgan fingerprint density at radius 3 is 3.00 bits per heavy atom. The maximum Gasteiger partial charge on any atom is 0.0670 e. The zero-order valence-electron chi connectivity index (χ0n) is 10.7. The highest BCUT2D eigenvalue weighted by Crippen LogP contribution is 2.23. The Labute approximate surface area is 113 Å². The van der Waals surface area contributed by atoms with Crippen LogP contribution in [0.25, 0.3) is 10.9 Å². The SMILES string of the molecule is COCCCNCCn1ccc2cccc(Cl)c21. The number of hydrogen-bond acceptors (Lipinski definition) is 2. The molecular formula is C14H19ClN2O. The summed E-state index contributed by atoms with van der Waals surface area (Å²) in [6, 6.07) is 8.11. The molecule has 0 fully saturated rings. The van der Waals surface area contributed by atoms with Gasteiger partial charge in [0.25, 0.3) is 0 Å². The van der Waals surface area contributed by atoms with Crippen LogP contribution in [0.1, 0.15) is 6.42 Å². The summed E-state index contributed by atoms with van der Waals surface area (Å²) < 4.78 is 7.20. The number of para-hydroxylation sites is 1. The highest BCUT2D eigenvalue weighted by molar-refractivity contribution is 6.35. The second-order valence-electron chi connectivity index (χ2n) is 4.28. The summed E-state index contributed by atoms with van der Waals surface area (Å²) in [4.78, 5) is 0. The lowest BCUT2D eigenvalue weighted by atomic mass is 10.2. The van der Waals surface area contributed by atoms with Gasteiger partial charge < -0.3 is 14.6 Å². The van der Waals surface area contributed by atoms with E-state index < -0.39 is 0 Å². The molecule has 2 rings (SSSR count). The highest BCUT2D eigenvalue weighted by atomic mass is 35.5. The number of aromatic nitrogens is 1. The third kappa shape index (κ3) is 3.25. The molecule has 1 aromatic heterocycles. The maximum absolute atomic E-state index is 6.23. The van der Waals surface area contributed by atoms with E-state index in [0.29, 0.717) is 0 Å². The Kier molecular flexibility index (Phi) is 5.05. The summed E-state index contributed by atoms with van der Waals surface area (Å²) in [5.74, 6) is 0. The van der Waals surface area contributed by atoms with Gasteiger partial charge >= 0.3 is 0 Å². The number of ether oxygens (including phenoxy) is 1. The fraction of sp³-hybridized carbons (Fsp3) is 0.429. The molecule has 0 saturated heterocycles. The van der Waals surface area contributed by atoms with Gasteiger partial charge in [0, 0.05) is 38.4 Å². The number of halogens is 1. The number of fused-ring (bicyclic) bond motifs is 1. The van der Waals surface area contributed by atoms with Gasteiger partial charge in [-0.2, -0.15) is 0 Å². The van der Waals surface area contributed by atoms with Gasteiger partial charge in [-0.3, -0.25) is 0 Å². The zero-order valence-corrected chi connectivity index (χ0v) is 11.4. The Morgan fingerprint density at radius 1 is 1.28 bits per heavy atom. The summed E-state index contributed by atoms with van der Waals surface area (Å²) in [5, 5.41) is 5.41. The molecule has 0 atom stereocenters. The monoisotopic (exact) mass is 266 g/mol. The molecule has 0 radical (unpaired) electrons. The van der Waals surface area contributed by atoms with E-state index in [-0.39, 0.29) is 0 Å². The fourth-order valence-corrected chi connectivity index (χ4v) is 2.36. The molecule has 0 aliphatic carbocycles. The minimum absolute atomic E-state index is 0.811. The van der Waals surface area contributed by atoms with Gasteiger partial charge in [-0.1, -0.05) is 23.7 Å². The first-order chi connectivity index (χ1) is 8.83. The van der Waals surface area contributed by atoms with Crippen molar-refractivity contribution >= 4 is 22.5 Å². The Morgan fingerprint density at radius 2 is 2.17 bits per heavy atom. The number of nitrogens with one attached hydrogen (secondary N) is 1. The van der Waals surface area contributed by atoms with Crippen LogP contribution < -0.4 is 5.32 Å². The standard InChI is InChI=1S/C14H19ClN2O/c1-18-11-3-7-16-8-10-17-9-6-12-4-2-5-13(15)14(12)17/h2,4-6,9,16H,3,7-8,10-11H2,1H3. The third-order valence-electron chi connectivity index (χ3n) is 2.97. The molecule has 0 bridgehead atoms. The van der Waals surface area contributed by atoms with E-state index in [4.69, 9.17) is 16.3 Å². The van der Waals surface area contributed by atoms with Crippen LogP contribution in [-0.2, 0) is 11.3 Å². The van der Waals surface area contributed by atoms with E-state index in [1.165, 1.54) is 5.39 Å². The lowest BCUT2D eigenvalue weighted by Gasteiger charge is -2.08. The number of hydrogen-bond donors (Lipinski definition) is 1. The quantitative estimate of drug-likeness (QED) is 0.780. The second-order valence-corrected chi connectivity index (χ2v) is 4.69. The van der Waals surface area contributed by atoms with Gasteiger partial charge in [0.15, 0.2) is 0 Å². The lowest BCUT2D eigenvalue weighted by molar-refractivity contribution is 0.194. The molecule has 1 N–H and O–H groups in total. The number of rotatable bonds is 7. The average molecular weight is 267 g/mol. The maximum atomic E-state index is 6.23. The van der Waals surface area contributed by atoms with Crippen molar-refractivity contribution in [2.45, 2.75) is 13.0 Å². The second kappa shape index (κ2) is 6.78. The van der Waals surface area contributed by atoms with Crippen molar-refractivity contribution in [2.75, 3.05) is 26.8 Å². The topological polar surface area (TPSA) is 26.2 Å². The largest absolute Gasteiger partial charge is 0.385 e. The van der Waals surface area contributed by atoms with Crippen LogP contribution in [0.4, 0.5) is 0 Å². The van der Waals surface area contributed by atoms with Gasteiger partial charge in [0.1, 0.15) is 0 Å². The smallest absolute Gasteiger partial charge is 0.0670 e. The van der Waals surface area contributed by atoms with Gasteiger partial charge in [0.05, 0.1) is 10.5 Å². The molecule has 3 nitrogen and oxygen atoms in total. The van der Waals surface area contributed by atoms with E-state index in [1.54, 1.807) is 7.11 Å². The normalized spacial score (nSPS) is 11.2. The summed E-state index contributed by atoms with van der Waals surface area (Å²) in [6.45, 7) is 3.67. The molecule has 1 aromatic carbocycles. The lowest BCUT2D eigenvalue weighted by Crippen LogP contribution is -2.21. The van der Waals surface area contributed by atoms with Gasteiger partial charge in [-0.25, -0.2) is 0 Å².